The fourth-order valence-electron chi connectivity index (χ4n) is 9.60. The molecule has 3 aliphatic carbocycles. The Kier molecular flexibility index (Phi) is 26.4. The van der Waals surface area contributed by atoms with E-state index in [1.165, 1.54) is 32.9 Å². The predicted molar refractivity (Wildman–Crippen MR) is 279 cm³/mol. The minimum Gasteiger partial charge on any atom is -0.497 e. The molecule has 4 heterocycles. The Morgan fingerprint density at radius 1 is 0.714 bits per heavy atom. The van der Waals surface area contributed by atoms with Crippen molar-refractivity contribution in [1.82, 2.24) is 41.1 Å². The summed E-state index contributed by atoms with van der Waals surface area (Å²) in [6, 6.07) is 1.29. The number of benzene rings is 2. The maximum atomic E-state index is 14.5. The SMILES string of the molecule is CCO.CCOC(=O)C1CCC(F)(F)CC1.COc1cc(F)c([C@@H]2CNC(=O)[C@H]2NC(=O)n2ccnc2)c(F)c1.COc1cc(F)c([C@@H]2CNC(=O)[C@H]2Nc2nnc(C3CCC(F)(F)CC3)o2)c(F)c1.NN.NNC(=O)C1CCC(F)(F)CC1. The summed E-state index contributed by atoms with van der Waals surface area (Å²) in [5, 5.41) is 25.6. The number of methoxy groups -OCH3 is 2. The van der Waals surface area contributed by atoms with Crippen LogP contribution in [0.15, 0.2) is 47.4 Å². The molecule has 9 rings (SSSR count). The van der Waals surface area contributed by atoms with Gasteiger partial charge in [-0.15, -0.1) is 5.10 Å². The molecule has 5 aliphatic rings. The van der Waals surface area contributed by atoms with Gasteiger partial charge in [0.2, 0.25) is 41.4 Å². The lowest BCUT2D eigenvalue weighted by Crippen LogP contribution is -2.44. The minimum atomic E-state index is -2.68. The quantitative estimate of drug-likeness (QED) is 0.0260. The van der Waals surface area contributed by atoms with E-state index in [1.54, 1.807) is 13.8 Å². The molecule has 0 unspecified atom stereocenters. The molecule has 32 heteroatoms. The predicted octanol–water partition coefficient (Wildman–Crippen LogP) is 6.35. The first-order valence-corrected chi connectivity index (χ1v) is 26.5. The molecule has 5 fully saturated rings. The van der Waals surface area contributed by atoms with E-state index in [4.69, 9.17) is 29.6 Å². The van der Waals surface area contributed by atoms with Crippen LogP contribution >= 0.6 is 0 Å². The van der Waals surface area contributed by atoms with Gasteiger partial charge in [0.15, 0.2) is 0 Å². The van der Waals surface area contributed by atoms with Gasteiger partial charge in [-0.3, -0.25) is 40.9 Å². The van der Waals surface area contributed by atoms with Crippen molar-refractivity contribution in [2.75, 3.05) is 45.8 Å². The summed E-state index contributed by atoms with van der Waals surface area (Å²) in [7, 11) is 2.59. The third-order valence-corrected chi connectivity index (χ3v) is 14.1. The summed E-state index contributed by atoms with van der Waals surface area (Å²) < 4.78 is 156. The molecular weight excluding hydrogens is 1140 g/mol. The second kappa shape index (κ2) is 32.1. The van der Waals surface area contributed by atoms with Gasteiger partial charge in [0.25, 0.3) is 0 Å². The van der Waals surface area contributed by atoms with E-state index in [2.05, 4.69) is 48.1 Å². The Balaban J connectivity index is 0.000000249. The number of aliphatic hydroxyl groups excluding tert-OH is 1. The second-order valence-electron chi connectivity index (χ2n) is 19.6. The average molecular weight is 1210 g/mol. The zero-order valence-electron chi connectivity index (χ0n) is 46.3. The molecule has 2 saturated heterocycles. The van der Waals surface area contributed by atoms with Gasteiger partial charge < -0.3 is 45.0 Å². The summed E-state index contributed by atoms with van der Waals surface area (Å²) >= 11 is 0. The zero-order chi connectivity index (χ0) is 62.5. The number of nitrogens with zero attached hydrogens (tertiary/aromatic N) is 4. The lowest BCUT2D eigenvalue weighted by Gasteiger charge is -2.26. The number of alkyl halides is 6. The number of halogens is 10. The Labute approximate surface area is 476 Å². The van der Waals surface area contributed by atoms with Crippen LogP contribution in [0, 0.1) is 35.1 Å². The van der Waals surface area contributed by atoms with Gasteiger partial charge in [-0.2, -0.15) is 0 Å². The van der Waals surface area contributed by atoms with Gasteiger partial charge >= 0.3 is 18.0 Å². The number of ether oxygens (including phenoxy) is 3. The molecule has 0 radical (unpaired) electrons. The molecule has 22 nitrogen and oxygen atoms in total. The van der Waals surface area contributed by atoms with Crippen molar-refractivity contribution in [3.63, 3.8) is 0 Å². The number of hydrazine groups is 2. The number of rotatable bonds is 11. The molecule has 2 aromatic carbocycles. The monoisotopic (exact) mass is 1210 g/mol. The van der Waals surface area contributed by atoms with Crippen LogP contribution in [0.25, 0.3) is 0 Å². The minimum absolute atomic E-state index is 0.00781. The highest BCUT2D eigenvalue weighted by atomic mass is 19.3. The number of hydrogen-bond acceptors (Lipinski definition) is 17. The highest BCUT2D eigenvalue weighted by Crippen LogP contribution is 2.42. The van der Waals surface area contributed by atoms with Gasteiger partial charge in [0.05, 0.1) is 26.7 Å². The Morgan fingerprint density at radius 3 is 1.56 bits per heavy atom. The molecule has 3 saturated carbocycles. The third-order valence-electron chi connectivity index (χ3n) is 14.1. The van der Waals surface area contributed by atoms with Crippen LogP contribution in [0.2, 0.25) is 0 Å². The molecule has 4 amide bonds. The maximum absolute atomic E-state index is 14.5. The lowest BCUT2D eigenvalue weighted by molar-refractivity contribution is -0.152. The first kappa shape index (κ1) is 69.2. The van der Waals surface area contributed by atoms with Gasteiger partial charge in [-0.25, -0.2) is 59.5 Å². The van der Waals surface area contributed by atoms with Gasteiger partial charge in [-0.05, 0) is 52.4 Å². The summed E-state index contributed by atoms with van der Waals surface area (Å²) in [4.78, 5) is 62.1. The van der Waals surface area contributed by atoms with E-state index in [0.717, 1.165) is 28.8 Å². The number of imidazole rings is 1. The molecule has 2 aliphatic heterocycles. The van der Waals surface area contributed by atoms with Gasteiger partial charge in [-0.1, -0.05) is 5.10 Å². The second-order valence-corrected chi connectivity index (χ2v) is 19.6. The fourth-order valence-corrected chi connectivity index (χ4v) is 9.60. The highest BCUT2D eigenvalue weighted by Gasteiger charge is 2.43. The molecular formula is C52H70F10N12O10. The van der Waals surface area contributed by atoms with Crippen molar-refractivity contribution in [2.45, 2.75) is 139 Å². The highest BCUT2D eigenvalue weighted by molar-refractivity contribution is 5.91. The van der Waals surface area contributed by atoms with E-state index in [9.17, 15) is 67.9 Å². The van der Waals surface area contributed by atoms with Crippen LogP contribution in [0.5, 0.6) is 11.5 Å². The molecule has 468 valence electrons. The van der Waals surface area contributed by atoms with Crippen molar-refractivity contribution in [3.05, 3.63) is 83.3 Å². The number of carbonyl (C=O) groups excluding carboxylic acids is 5. The fraction of sp³-hybridized carbons (Fsp3) is 0.577. The van der Waals surface area contributed by atoms with E-state index in [1.807, 2.05) is 5.43 Å². The number of amides is 4. The summed E-state index contributed by atoms with van der Waals surface area (Å²) in [6.45, 7) is 3.99. The molecule has 0 bridgehead atoms. The van der Waals surface area contributed by atoms with Crippen LogP contribution in [0.4, 0.5) is 54.7 Å². The molecule has 0 spiro atoms. The van der Waals surface area contributed by atoms with Crippen LogP contribution in [-0.2, 0) is 23.9 Å². The molecule has 84 heavy (non-hydrogen) atoms. The Morgan fingerprint density at radius 2 is 1.14 bits per heavy atom. The topological polar surface area (TPSA) is 328 Å². The number of aliphatic hydroxyl groups is 1. The van der Waals surface area contributed by atoms with Crippen molar-refractivity contribution in [1.29, 1.82) is 0 Å². The van der Waals surface area contributed by atoms with E-state index in [0.29, 0.717) is 6.61 Å². The van der Waals surface area contributed by atoms with Gasteiger partial charge in [0, 0.05) is 130 Å². The van der Waals surface area contributed by atoms with Gasteiger partial charge in [0.1, 0.15) is 53.2 Å². The van der Waals surface area contributed by atoms with Crippen molar-refractivity contribution < 1.29 is 91.6 Å². The van der Waals surface area contributed by atoms with Crippen LogP contribution in [-0.4, -0.2) is 125 Å². The zero-order valence-corrected chi connectivity index (χ0v) is 46.3. The first-order chi connectivity index (χ1) is 39.8. The van der Waals surface area contributed by atoms with Crippen molar-refractivity contribution in [2.24, 2.45) is 29.4 Å². The summed E-state index contributed by atoms with van der Waals surface area (Å²) in [5.74, 6) is -2.35. The summed E-state index contributed by atoms with van der Waals surface area (Å²) in [5.41, 5.74) is 1.44. The Bertz CT molecular complexity index is 2710. The molecule has 12 N–H and O–H groups in total. The smallest absolute Gasteiger partial charge is 0.327 e. The number of nitrogens with two attached hydrogens (primary N) is 3. The van der Waals surface area contributed by atoms with Crippen LogP contribution < -0.4 is 53.7 Å². The number of anilines is 1. The Hall–Kier alpha value is -7.32. The first-order valence-electron chi connectivity index (χ1n) is 26.5. The van der Waals surface area contributed by atoms with Crippen molar-refractivity contribution in [3.8, 4) is 11.5 Å². The van der Waals surface area contributed by atoms with E-state index < -0.39 is 82.8 Å². The lowest BCUT2D eigenvalue weighted by atomic mass is 9.86. The number of hydrogen-bond donors (Lipinski definition) is 9. The molecule has 2 aromatic heterocycles. The van der Waals surface area contributed by atoms with Crippen LogP contribution in [0.3, 0.4) is 0 Å². The average Bonchev–Trinajstić information content (AvgIpc) is 3.52. The summed E-state index contributed by atoms with van der Waals surface area (Å²) in [6.07, 6.45) is 4.16. The maximum Gasteiger partial charge on any atom is 0.327 e. The molecule has 4 aromatic rings. The third kappa shape index (κ3) is 19.6. The number of carbonyl (C=O) groups is 5. The number of nitrogens with one attached hydrogen (secondary N) is 5. The largest absolute Gasteiger partial charge is 0.497 e. The standard InChI is InChI=1S/C19H20F4N4O3.C15H14F2N4O3.C9H14F2O2.C7H12F2N2O.C2H6O.H4N2/c1-29-10-6-12(20)14(13(21)7-10)11-8-24-16(28)15(11)25-18-27-26-17(30-18)9-2-4-19(22,23)5-3-9;1-24-8-4-10(16)12(11(17)5-8)9-6-19-14(22)13(9)20-15(23)21-3-2-18-7-21;1-2-13-8(12)7-3-5-9(10,11)6-4-7;8-7(9)3-1-5(2-4-7)6(12)11-10;1-2-3;1-2/h6-7,9,11,15H,2-5,8H2,1H3,(H,24,28)(H,25,27);2-5,7,9,13H,6H2,1H3,(H,19,22)(H,20,23);7H,2-6H2,1H3;5H,1-4,10H2,(H,11,12);3H,2H2,1H3;1-2H2/t11-,15-;9-,13-;;;;/m00..../s1. The normalized spacial score (nSPS) is 21.4. The van der Waals surface area contributed by atoms with E-state index >= 15 is 0 Å². The van der Waals surface area contributed by atoms with Crippen LogP contribution in [0.1, 0.15) is 126 Å². The number of esters is 1. The number of aromatic nitrogens is 4. The van der Waals surface area contributed by atoms with E-state index in [-0.39, 0.29) is 161 Å². The molecule has 4 atom stereocenters. The van der Waals surface area contributed by atoms with Crippen molar-refractivity contribution >= 4 is 35.7 Å².